The molecule has 156 valence electrons. The van der Waals surface area contributed by atoms with Crippen LogP contribution in [0.3, 0.4) is 0 Å². The molecule has 0 saturated heterocycles. The summed E-state index contributed by atoms with van der Waals surface area (Å²) in [7, 11) is 4.44. The molecule has 7 nitrogen and oxygen atoms in total. The Labute approximate surface area is 171 Å². The first kappa shape index (κ1) is 21.2. The van der Waals surface area contributed by atoms with Gasteiger partial charge in [0.2, 0.25) is 0 Å². The molecule has 7 heteroatoms. The van der Waals surface area contributed by atoms with Crippen molar-refractivity contribution in [2.75, 3.05) is 27.9 Å². The lowest BCUT2D eigenvalue weighted by atomic mass is 9.85. The first-order chi connectivity index (χ1) is 14.0. The van der Waals surface area contributed by atoms with E-state index in [9.17, 15) is 10.1 Å². The minimum Gasteiger partial charge on any atom is -0.493 e. The molecule has 0 heterocycles. The van der Waals surface area contributed by atoms with Crippen LogP contribution in [0.2, 0.25) is 0 Å². The maximum atomic E-state index is 11.9. The zero-order valence-corrected chi connectivity index (χ0v) is 17.1. The Kier molecular flexibility index (Phi) is 6.78. The number of allylic oxidation sites excluding steroid dienone is 1. The molecule has 2 aliphatic carbocycles. The molecule has 0 amide bonds. The number of carbonyl (C=O) groups excluding carboxylic acids is 1. The van der Waals surface area contributed by atoms with Crippen molar-refractivity contribution < 1.29 is 28.5 Å². The van der Waals surface area contributed by atoms with Crippen LogP contribution in [0, 0.1) is 17.2 Å². The van der Waals surface area contributed by atoms with Crippen molar-refractivity contribution in [2.45, 2.75) is 44.0 Å². The zero-order valence-electron chi connectivity index (χ0n) is 17.1. The van der Waals surface area contributed by atoms with E-state index >= 15 is 0 Å². The van der Waals surface area contributed by atoms with Crippen molar-refractivity contribution in [3.05, 3.63) is 35.4 Å². The molecule has 0 bridgehead atoms. The molecule has 0 radical (unpaired) electrons. The molecule has 1 saturated carbocycles. The fourth-order valence-electron chi connectivity index (χ4n) is 3.36. The van der Waals surface area contributed by atoms with E-state index in [4.69, 9.17) is 23.7 Å². The standard InChI is InChI=1S/C22H27NO6/c1-25-18-9-8-16(11-19(18)28-13-15-6-7-15)21(27-3)29-22(14-23)10-4-5-17(12-22)20(24)26-2/h5,8-9,11,15,21H,4,6-7,10,12-13H2,1-3H3. The number of hydrogen-bond donors (Lipinski definition) is 0. The second kappa shape index (κ2) is 9.29. The Morgan fingerprint density at radius 1 is 1.28 bits per heavy atom. The van der Waals surface area contributed by atoms with E-state index in [0.717, 1.165) is 0 Å². The lowest BCUT2D eigenvalue weighted by Gasteiger charge is -2.33. The third-order valence-corrected chi connectivity index (χ3v) is 5.24. The van der Waals surface area contributed by atoms with Crippen LogP contribution in [0.15, 0.2) is 29.8 Å². The van der Waals surface area contributed by atoms with Crippen LogP contribution in [-0.4, -0.2) is 39.5 Å². The molecule has 0 aromatic heterocycles. The van der Waals surface area contributed by atoms with Gasteiger partial charge < -0.3 is 23.7 Å². The van der Waals surface area contributed by atoms with Gasteiger partial charge in [-0.15, -0.1) is 0 Å². The summed E-state index contributed by atoms with van der Waals surface area (Å²) in [5.41, 5.74) is -0.0188. The van der Waals surface area contributed by atoms with Crippen LogP contribution in [0.25, 0.3) is 0 Å². The highest BCUT2D eigenvalue weighted by molar-refractivity contribution is 5.88. The van der Waals surface area contributed by atoms with Crippen molar-refractivity contribution in [3.8, 4) is 17.6 Å². The van der Waals surface area contributed by atoms with E-state index in [2.05, 4.69) is 6.07 Å². The lowest BCUT2D eigenvalue weighted by Crippen LogP contribution is -2.36. The fourth-order valence-corrected chi connectivity index (χ4v) is 3.36. The summed E-state index contributed by atoms with van der Waals surface area (Å²) >= 11 is 0. The average molecular weight is 401 g/mol. The summed E-state index contributed by atoms with van der Waals surface area (Å²) in [6, 6.07) is 7.68. The Morgan fingerprint density at radius 2 is 2.07 bits per heavy atom. The predicted molar refractivity (Wildman–Crippen MR) is 104 cm³/mol. The molecule has 0 aliphatic heterocycles. The Bertz CT molecular complexity index is 810. The van der Waals surface area contributed by atoms with Crippen LogP contribution < -0.4 is 9.47 Å². The van der Waals surface area contributed by atoms with Crippen LogP contribution in [0.5, 0.6) is 11.5 Å². The van der Waals surface area contributed by atoms with Crippen LogP contribution in [0.4, 0.5) is 0 Å². The normalized spacial score (nSPS) is 22.2. The number of methoxy groups -OCH3 is 3. The smallest absolute Gasteiger partial charge is 0.333 e. The molecule has 0 spiro atoms. The average Bonchev–Trinajstić information content (AvgIpc) is 3.60. The van der Waals surface area contributed by atoms with E-state index in [1.807, 2.05) is 12.1 Å². The highest BCUT2D eigenvalue weighted by Crippen LogP contribution is 2.39. The number of ether oxygens (including phenoxy) is 5. The quantitative estimate of drug-likeness (QED) is 0.461. The van der Waals surface area contributed by atoms with Gasteiger partial charge in [-0.05, 0) is 43.7 Å². The third kappa shape index (κ3) is 5.08. The molecule has 1 aromatic rings. The number of esters is 1. The van der Waals surface area contributed by atoms with E-state index in [-0.39, 0.29) is 6.42 Å². The molecule has 3 rings (SSSR count). The number of carbonyl (C=O) groups is 1. The molecule has 2 aliphatic rings. The zero-order chi connectivity index (χ0) is 20.9. The van der Waals surface area contributed by atoms with Crippen LogP contribution >= 0.6 is 0 Å². The van der Waals surface area contributed by atoms with Crippen molar-refractivity contribution in [3.63, 3.8) is 0 Å². The molecule has 1 fully saturated rings. The summed E-state index contributed by atoms with van der Waals surface area (Å²) in [5, 5.41) is 9.84. The van der Waals surface area contributed by atoms with Crippen molar-refractivity contribution >= 4 is 5.97 Å². The largest absolute Gasteiger partial charge is 0.493 e. The van der Waals surface area contributed by atoms with Gasteiger partial charge in [-0.1, -0.05) is 12.1 Å². The number of hydrogen-bond acceptors (Lipinski definition) is 7. The number of nitrogens with zero attached hydrogens (tertiary/aromatic N) is 1. The van der Waals surface area contributed by atoms with E-state index < -0.39 is 17.9 Å². The number of nitriles is 1. The molecular formula is C22H27NO6. The van der Waals surface area contributed by atoms with Crippen LogP contribution in [-0.2, 0) is 19.0 Å². The van der Waals surface area contributed by atoms with Gasteiger partial charge in [-0.2, -0.15) is 5.26 Å². The summed E-state index contributed by atoms with van der Waals surface area (Å²) < 4.78 is 27.8. The maximum absolute atomic E-state index is 11.9. The summed E-state index contributed by atoms with van der Waals surface area (Å²) in [6.45, 7) is 0.647. The topological polar surface area (TPSA) is 87.0 Å². The first-order valence-corrected chi connectivity index (χ1v) is 9.74. The molecule has 2 unspecified atom stereocenters. The van der Waals surface area contributed by atoms with Gasteiger partial charge in [0.15, 0.2) is 23.4 Å². The summed E-state index contributed by atoms with van der Waals surface area (Å²) in [4.78, 5) is 11.9. The van der Waals surface area contributed by atoms with Crippen LogP contribution in [0.1, 0.15) is 44.0 Å². The van der Waals surface area contributed by atoms with Gasteiger partial charge in [0.25, 0.3) is 0 Å². The number of benzene rings is 1. The Balaban J connectivity index is 1.79. The van der Waals surface area contributed by atoms with E-state index in [1.165, 1.54) is 27.1 Å². The number of rotatable bonds is 9. The SMILES string of the molecule is COC(=O)C1=CCCC(C#N)(OC(OC)c2ccc(OC)c(OCC3CC3)c2)C1. The van der Waals surface area contributed by atoms with E-state index in [0.29, 0.717) is 48.0 Å². The predicted octanol–water partition coefficient (Wildman–Crippen LogP) is 3.69. The Hall–Kier alpha value is -2.56. The third-order valence-electron chi connectivity index (χ3n) is 5.24. The Morgan fingerprint density at radius 3 is 2.69 bits per heavy atom. The monoisotopic (exact) mass is 401 g/mol. The molecule has 29 heavy (non-hydrogen) atoms. The molecule has 0 N–H and O–H groups in total. The van der Waals surface area contributed by atoms with Gasteiger partial charge in [-0.25, -0.2) is 4.79 Å². The molecule has 2 atom stereocenters. The van der Waals surface area contributed by atoms with Gasteiger partial charge in [0, 0.05) is 24.7 Å². The first-order valence-electron chi connectivity index (χ1n) is 9.74. The lowest BCUT2D eigenvalue weighted by molar-refractivity contribution is -0.188. The van der Waals surface area contributed by atoms with Gasteiger partial charge >= 0.3 is 5.97 Å². The second-order valence-corrected chi connectivity index (χ2v) is 7.39. The van der Waals surface area contributed by atoms with Crippen molar-refractivity contribution in [2.24, 2.45) is 5.92 Å². The van der Waals surface area contributed by atoms with Gasteiger partial charge in [0.1, 0.15) is 0 Å². The van der Waals surface area contributed by atoms with Gasteiger partial charge in [-0.3, -0.25) is 0 Å². The highest BCUT2D eigenvalue weighted by atomic mass is 16.7. The minimum absolute atomic E-state index is 0.150. The maximum Gasteiger partial charge on any atom is 0.333 e. The molecular weight excluding hydrogens is 374 g/mol. The van der Waals surface area contributed by atoms with Crippen molar-refractivity contribution in [1.29, 1.82) is 5.26 Å². The van der Waals surface area contributed by atoms with Crippen molar-refractivity contribution in [1.82, 2.24) is 0 Å². The van der Waals surface area contributed by atoms with Gasteiger partial charge in [0.05, 0.1) is 26.9 Å². The summed E-state index contributed by atoms with van der Waals surface area (Å²) in [5.74, 6) is 1.41. The summed E-state index contributed by atoms with van der Waals surface area (Å²) in [6.07, 6.45) is 4.54. The van der Waals surface area contributed by atoms with E-state index in [1.54, 1.807) is 19.3 Å². The minimum atomic E-state index is -1.17. The molecule has 1 aromatic carbocycles. The highest BCUT2D eigenvalue weighted by Gasteiger charge is 2.39. The fraction of sp³-hybridized carbons (Fsp3) is 0.545. The second-order valence-electron chi connectivity index (χ2n) is 7.39.